The molecule has 0 saturated carbocycles. The molecule has 0 atom stereocenters. The second kappa shape index (κ2) is 2.12. The molecule has 1 rings (SSSR count). The van der Waals surface area contributed by atoms with Crippen LogP contribution in [-0.2, 0) is 22.9 Å². The first-order valence-corrected chi connectivity index (χ1v) is 7.29. The van der Waals surface area contributed by atoms with Crippen LogP contribution in [0.3, 0.4) is 0 Å². The molecule has 0 aromatic heterocycles. The molecule has 1 aliphatic heterocycles. The molecule has 0 spiro atoms. The van der Waals surface area contributed by atoms with Gasteiger partial charge in [0.1, 0.15) is 0 Å². The summed E-state index contributed by atoms with van der Waals surface area (Å²) in [6, 6.07) is 0. The average Bonchev–Trinajstić information content (AvgIpc) is 1.76. The average molecular weight is 235 g/mol. The molecule has 1 aliphatic rings. The van der Waals surface area contributed by atoms with E-state index in [4.69, 9.17) is 0 Å². The first-order chi connectivity index (χ1) is 2.50. The SMILES string of the molecule is C1C[CH2][Hf][CH2]1. The fraction of sp³-hybridized carbons (Fsp3) is 1.00. The zero-order valence-corrected chi connectivity index (χ0v) is 6.92. The van der Waals surface area contributed by atoms with Crippen molar-refractivity contribution in [1.29, 1.82) is 0 Å². The van der Waals surface area contributed by atoms with E-state index in [0.717, 1.165) is 0 Å². The van der Waals surface area contributed by atoms with Crippen molar-refractivity contribution < 1.29 is 22.9 Å². The van der Waals surface area contributed by atoms with Gasteiger partial charge in [-0.25, -0.2) is 0 Å². The van der Waals surface area contributed by atoms with Crippen molar-refractivity contribution >= 4 is 0 Å². The second-order valence-corrected chi connectivity index (χ2v) is 6.85. The van der Waals surface area contributed by atoms with Crippen molar-refractivity contribution in [3.63, 3.8) is 0 Å². The minimum atomic E-state index is 0.160. The number of hydrogen-bond donors (Lipinski definition) is 0. The van der Waals surface area contributed by atoms with Crippen LogP contribution in [0.15, 0.2) is 0 Å². The summed E-state index contributed by atoms with van der Waals surface area (Å²) in [6.07, 6.45) is 3.17. The standard InChI is InChI=1S/C4H8.Hf/c1-3-4-2;/h1-4H2;. The maximum atomic E-state index is 1.69. The molecule has 0 nitrogen and oxygen atoms in total. The van der Waals surface area contributed by atoms with Crippen LogP contribution in [0, 0.1) is 0 Å². The summed E-state index contributed by atoms with van der Waals surface area (Å²) in [5.41, 5.74) is 0. The van der Waals surface area contributed by atoms with Crippen LogP contribution in [0.25, 0.3) is 0 Å². The van der Waals surface area contributed by atoms with Gasteiger partial charge in [0.15, 0.2) is 0 Å². The number of rotatable bonds is 0. The van der Waals surface area contributed by atoms with E-state index in [2.05, 4.69) is 0 Å². The normalized spacial score (nSPS) is 22.4. The zero-order chi connectivity index (χ0) is 3.54. The first kappa shape index (κ1) is 4.04. The van der Waals surface area contributed by atoms with Gasteiger partial charge >= 0.3 is 44.1 Å². The third-order valence-electron chi connectivity index (χ3n) is 0.957. The summed E-state index contributed by atoms with van der Waals surface area (Å²) in [5.74, 6) is 0. The summed E-state index contributed by atoms with van der Waals surface area (Å²) >= 11 is 0.160. The fourth-order valence-electron chi connectivity index (χ4n) is 0.625. The molecule has 0 radical (unpaired) electrons. The van der Waals surface area contributed by atoms with Gasteiger partial charge in [-0.2, -0.15) is 0 Å². The second-order valence-electron chi connectivity index (χ2n) is 1.46. The van der Waals surface area contributed by atoms with Gasteiger partial charge in [0.2, 0.25) is 0 Å². The summed E-state index contributed by atoms with van der Waals surface area (Å²) in [5, 5.41) is 0. The van der Waals surface area contributed by atoms with Gasteiger partial charge in [-0.3, -0.25) is 0 Å². The molecule has 5 heavy (non-hydrogen) atoms. The molecule has 0 aromatic rings. The molecule has 0 bridgehead atoms. The molecule has 28 valence electrons. The summed E-state index contributed by atoms with van der Waals surface area (Å²) in [4.78, 5) is 0. The van der Waals surface area contributed by atoms with Gasteiger partial charge < -0.3 is 0 Å². The summed E-state index contributed by atoms with van der Waals surface area (Å²) in [7, 11) is 0. The van der Waals surface area contributed by atoms with Gasteiger partial charge in [0.05, 0.1) is 0 Å². The van der Waals surface area contributed by atoms with Crippen molar-refractivity contribution in [3.8, 4) is 0 Å². The van der Waals surface area contributed by atoms with Gasteiger partial charge in [-0.1, -0.05) is 0 Å². The van der Waals surface area contributed by atoms with Crippen LogP contribution in [0.4, 0.5) is 0 Å². The molecular weight excluding hydrogens is 227 g/mol. The van der Waals surface area contributed by atoms with Gasteiger partial charge in [-0.05, 0) is 0 Å². The van der Waals surface area contributed by atoms with E-state index in [-0.39, 0.29) is 22.9 Å². The quantitative estimate of drug-likeness (QED) is 0.560. The van der Waals surface area contributed by atoms with Crippen molar-refractivity contribution in [2.24, 2.45) is 0 Å². The summed E-state index contributed by atoms with van der Waals surface area (Å²) < 4.78 is 3.39. The molecule has 1 heteroatoms. The Bertz CT molecular complexity index is 15.2. The van der Waals surface area contributed by atoms with E-state index in [1.54, 1.807) is 21.2 Å². The Hall–Kier alpha value is 0.870. The Balaban J connectivity index is 2.08. The number of hydrogen-bond acceptors (Lipinski definition) is 0. The molecular formula is C4H8Hf. The monoisotopic (exact) mass is 236 g/mol. The van der Waals surface area contributed by atoms with Crippen molar-refractivity contribution in [2.75, 3.05) is 0 Å². The fourth-order valence-corrected chi connectivity index (χ4v) is 5.12. The van der Waals surface area contributed by atoms with E-state index < -0.39 is 0 Å². The van der Waals surface area contributed by atoms with Crippen LogP contribution in [-0.4, -0.2) is 0 Å². The van der Waals surface area contributed by atoms with Crippen molar-refractivity contribution in [3.05, 3.63) is 0 Å². The Kier molecular flexibility index (Phi) is 1.71. The predicted molar refractivity (Wildman–Crippen MR) is 18.8 cm³/mol. The molecule has 0 amide bonds. The molecule has 0 aromatic carbocycles. The van der Waals surface area contributed by atoms with Crippen LogP contribution in [0.2, 0.25) is 8.35 Å². The van der Waals surface area contributed by atoms with Crippen LogP contribution >= 0.6 is 0 Å². The Morgan fingerprint density at radius 2 is 1.60 bits per heavy atom. The molecule has 0 unspecified atom stereocenters. The Labute approximate surface area is 44.3 Å². The van der Waals surface area contributed by atoms with E-state index in [0.29, 0.717) is 0 Å². The summed E-state index contributed by atoms with van der Waals surface area (Å²) in [6.45, 7) is 0. The third kappa shape index (κ3) is 1.16. The topological polar surface area (TPSA) is 0 Å². The molecule has 1 heterocycles. The Morgan fingerprint density at radius 1 is 1.00 bits per heavy atom. The third-order valence-corrected chi connectivity index (χ3v) is 6.04. The van der Waals surface area contributed by atoms with E-state index in [9.17, 15) is 0 Å². The van der Waals surface area contributed by atoms with E-state index in [1.165, 1.54) is 0 Å². The van der Waals surface area contributed by atoms with Gasteiger partial charge in [-0.15, -0.1) is 0 Å². The van der Waals surface area contributed by atoms with Crippen LogP contribution in [0.1, 0.15) is 12.8 Å². The minimum absolute atomic E-state index is 0.160. The van der Waals surface area contributed by atoms with Crippen molar-refractivity contribution in [2.45, 2.75) is 21.2 Å². The van der Waals surface area contributed by atoms with Gasteiger partial charge in [0.25, 0.3) is 0 Å². The first-order valence-electron chi connectivity index (χ1n) is 2.21. The van der Waals surface area contributed by atoms with E-state index in [1.807, 2.05) is 0 Å². The molecule has 0 aliphatic carbocycles. The van der Waals surface area contributed by atoms with Crippen LogP contribution < -0.4 is 0 Å². The van der Waals surface area contributed by atoms with Crippen LogP contribution in [0.5, 0.6) is 0 Å². The molecule has 0 N–H and O–H groups in total. The predicted octanol–water partition coefficient (Wildman–Crippen LogP) is 1.70. The molecule has 1 saturated heterocycles. The molecule has 1 fully saturated rings. The maximum absolute atomic E-state index is 1.69. The van der Waals surface area contributed by atoms with E-state index >= 15 is 0 Å². The van der Waals surface area contributed by atoms with Crippen molar-refractivity contribution in [1.82, 2.24) is 0 Å². The Morgan fingerprint density at radius 3 is 1.80 bits per heavy atom. The zero-order valence-electron chi connectivity index (χ0n) is 3.33. The van der Waals surface area contributed by atoms with Gasteiger partial charge in [0, 0.05) is 0 Å².